The van der Waals surface area contributed by atoms with Crippen molar-refractivity contribution in [3.8, 4) is 5.75 Å². The summed E-state index contributed by atoms with van der Waals surface area (Å²) >= 11 is 1.30. The van der Waals surface area contributed by atoms with Gasteiger partial charge in [-0.3, -0.25) is 9.59 Å². The number of allylic oxidation sites excluding steroid dienone is 1. The number of benzene rings is 2. The van der Waals surface area contributed by atoms with Crippen LogP contribution in [0.25, 0.3) is 0 Å². The maximum absolute atomic E-state index is 12.7. The maximum Gasteiger partial charge on any atom is 0.234 e. The molecule has 0 aliphatic heterocycles. The molecule has 3 aromatic rings. The molecular weight excluding hydrogens is 474 g/mol. The smallest absolute Gasteiger partial charge is 0.234 e. The fourth-order valence-corrected chi connectivity index (χ4v) is 4.75. The summed E-state index contributed by atoms with van der Waals surface area (Å²) in [6, 6.07) is 11.1. The van der Waals surface area contributed by atoms with Gasteiger partial charge in [0.05, 0.1) is 25.3 Å². The number of amides is 2. The second-order valence-corrected chi connectivity index (χ2v) is 9.61. The molecule has 9 heteroatoms. The number of hydrogen-bond donors (Lipinski definition) is 2. The summed E-state index contributed by atoms with van der Waals surface area (Å²) in [5, 5.41) is 15.2. The molecule has 36 heavy (non-hydrogen) atoms. The summed E-state index contributed by atoms with van der Waals surface area (Å²) in [5.74, 6) is 1.28. The van der Waals surface area contributed by atoms with E-state index in [-0.39, 0.29) is 30.0 Å². The van der Waals surface area contributed by atoms with Gasteiger partial charge in [0.1, 0.15) is 5.75 Å². The highest BCUT2D eigenvalue weighted by atomic mass is 32.2. The molecule has 0 saturated carbocycles. The number of aromatic nitrogens is 3. The van der Waals surface area contributed by atoms with Crippen molar-refractivity contribution >= 4 is 29.3 Å². The van der Waals surface area contributed by atoms with Crippen LogP contribution in [0.4, 0.5) is 5.69 Å². The van der Waals surface area contributed by atoms with E-state index in [2.05, 4.69) is 27.4 Å². The minimum Gasteiger partial charge on any atom is -0.497 e. The van der Waals surface area contributed by atoms with Gasteiger partial charge < -0.3 is 19.9 Å². The van der Waals surface area contributed by atoms with E-state index in [4.69, 9.17) is 4.74 Å². The SMILES string of the molecule is C=CCn1c(SCC(=O)Nc2c(C)cc(C)cc2C)nnc1[C@@H](C)NC(=O)Cc1ccc(OC)cc1. The van der Waals surface area contributed by atoms with Gasteiger partial charge in [0.25, 0.3) is 0 Å². The van der Waals surface area contributed by atoms with Crippen molar-refractivity contribution in [3.63, 3.8) is 0 Å². The van der Waals surface area contributed by atoms with E-state index in [1.807, 2.05) is 68.7 Å². The molecule has 0 radical (unpaired) electrons. The van der Waals surface area contributed by atoms with Gasteiger partial charge in [0, 0.05) is 12.2 Å². The Kier molecular flexibility index (Phi) is 9.30. The van der Waals surface area contributed by atoms with Crippen LogP contribution >= 0.6 is 11.8 Å². The Morgan fingerprint density at radius 3 is 2.39 bits per heavy atom. The first-order valence-electron chi connectivity index (χ1n) is 11.7. The molecule has 0 saturated heterocycles. The number of carbonyl (C=O) groups is 2. The fraction of sp³-hybridized carbons (Fsp3) is 0.333. The zero-order chi connectivity index (χ0) is 26.2. The Labute approximate surface area is 216 Å². The molecule has 8 nitrogen and oxygen atoms in total. The maximum atomic E-state index is 12.7. The normalized spacial score (nSPS) is 11.6. The van der Waals surface area contributed by atoms with Gasteiger partial charge in [-0.05, 0) is 56.5 Å². The lowest BCUT2D eigenvalue weighted by Crippen LogP contribution is -2.30. The minimum absolute atomic E-state index is 0.120. The van der Waals surface area contributed by atoms with E-state index in [1.54, 1.807) is 13.2 Å². The first-order valence-corrected chi connectivity index (χ1v) is 12.7. The summed E-state index contributed by atoms with van der Waals surface area (Å²) in [4.78, 5) is 25.3. The average molecular weight is 508 g/mol. The minimum atomic E-state index is -0.371. The van der Waals surface area contributed by atoms with E-state index in [0.717, 1.165) is 33.7 Å². The molecule has 0 spiro atoms. The lowest BCUT2D eigenvalue weighted by Gasteiger charge is -2.15. The van der Waals surface area contributed by atoms with Crippen LogP contribution in [0.2, 0.25) is 0 Å². The lowest BCUT2D eigenvalue weighted by molar-refractivity contribution is -0.121. The summed E-state index contributed by atoms with van der Waals surface area (Å²) in [7, 11) is 1.60. The summed E-state index contributed by atoms with van der Waals surface area (Å²) in [6.07, 6.45) is 1.98. The molecule has 1 atom stereocenters. The number of nitrogens with one attached hydrogen (secondary N) is 2. The van der Waals surface area contributed by atoms with Crippen LogP contribution in [0.5, 0.6) is 5.75 Å². The van der Waals surface area contributed by atoms with Crippen LogP contribution in [0.15, 0.2) is 54.2 Å². The number of ether oxygens (including phenoxy) is 1. The van der Waals surface area contributed by atoms with Crippen molar-refractivity contribution in [2.75, 3.05) is 18.2 Å². The Bertz CT molecular complexity index is 1210. The predicted octanol–water partition coefficient (Wildman–Crippen LogP) is 4.55. The van der Waals surface area contributed by atoms with Crippen molar-refractivity contribution in [2.45, 2.75) is 51.9 Å². The standard InChI is InChI=1S/C27H33N5O3S/c1-7-12-32-26(20(5)28-23(33)15-21-8-10-22(35-6)11-9-21)30-31-27(32)36-16-24(34)29-25-18(3)13-17(2)14-19(25)4/h7-11,13-14,20H,1,12,15-16H2,2-6H3,(H,28,33)(H,29,34)/t20-/m1/s1. The number of aryl methyl sites for hydroxylation is 3. The summed E-state index contributed by atoms with van der Waals surface area (Å²) in [5.41, 5.74) is 4.94. The van der Waals surface area contributed by atoms with E-state index >= 15 is 0 Å². The highest BCUT2D eigenvalue weighted by molar-refractivity contribution is 7.99. The topological polar surface area (TPSA) is 98.1 Å². The second kappa shape index (κ2) is 12.4. The fourth-order valence-electron chi connectivity index (χ4n) is 4.00. The van der Waals surface area contributed by atoms with E-state index in [1.165, 1.54) is 11.8 Å². The van der Waals surface area contributed by atoms with Crippen LogP contribution in [-0.2, 0) is 22.6 Å². The van der Waals surface area contributed by atoms with Gasteiger partial charge >= 0.3 is 0 Å². The third-order valence-electron chi connectivity index (χ3n) is 5.62. The molecule has 190 valence electrons. The number of thioether (sulfide) groups is 1. The number of anilines is 1. The third-order valence-corrected chi connectivity index (χ3v) is 6.59. The van der Waals surface area contributed by atoms with Crippen molar-refractivity contribution in [2.24, 2.45) is 0 Å². The number of hydrogen-bond acceptors (Lipinski definition) is 6. The Balaban J connectivity index is 1.63. The Morgan fingerprint density at radius 2 is 1.78 bits per heavy atom. The van der Waals surface area contributed by atoms with E-state index < -0.39 is 0 Å². The number of nitrogens with zero attached hydrogens (tertiary/aromatic N) is 3. The van der Waals surface area contributed by atoms with Crippen molar-refractivity contribution < 1.29 is 14.3 Å². The van der Waals surface area contributed by atoms with Crippen molar-refractivity contribution in [3.05, 3.63) is 77.1 Å². The van der Waals surface area contributed by atoms with Crippen molar-refractivity contribution in [1.82, 2.24) is 20.1 Å². The zero-order valence-electron chi connectivity index (χ0n) is 21.4. The highest BCUT2D eigenvalue weighted by Crippen LogP contribution is 2.24. The first kappa shape index (κ1) is 27.0. The second-order valence-electron chi connectivity index (χ2n) is 8.66. The van der Waals surface area contributed by atoms with Crippen LogP contribution in [0.1, 0.15) is 41.0 Å². The average Bonchev–Trinajstić information content (AvgIpc) is 3.23. The quantitative estimate of drug-likeness (QED) is 0.292. The molecule has 0 unspecified atom stereocenters. The van der Waals surface area contributed by atoms with Crippen LogP contribution in [-0.4, -0.2) is 39.4 Å². The Morgan fingerprint density at radius 1 is 1.11 bits per heavy atom. The molecule has 2 N–H and O–H groups in total. The molecule has 0 fully saturated rings. The molecule has 0 bridgehead atoms. The molecule has 1 aromatic heterocycles. The molecule has 0 aliphatic carbocycles. The van der Waals surface area contributed by atoms with E-state index in [9.17, 15) is 9.59 Å². The Hall–Kier alpha value is -3.59. The number of carbonyl (C=O) groups excluding carboxylic acids is 2. The van der Waals surface area contributed by atoms with Gasteiger partial charge in [0.2, 0.25) is 11.8 Å². The van der Waals surface area contributed by atoms with Gasteiger partial charge in [-0.15, -0.1) is 16.8 Å². The van der Waals surface area contributed by atoms with Crippen LogP contribution in [0, 0.1) is 20.8 Å². The van der Waals surface area contributed by atoms with Gasteiger partial charge in [-0.25, -0.2) is 0 Å². The van der Waals surface area contributed by atoms with Gasteiger partial charge in [-0.2, -0.15) is 0 Å². The van der Waals surface area contributed by atoms with Gasteiger partial charge in [-0.1, -0.05) is 47.7 Å². The lowest BCUT2D eigenvalue weighted by atomic mass is 10.1. The molecular formula is C27H33N5O3S. The molecule has 3 rings (SSSR count). The molecule has 2 aromatic carbocycles. The zero-order valence-corrected chi connectivity index (χ0v) is 22.2. The largest absolute Gasteiger partial charge is 0.497 e. The molecule has 2 amide bonds. The highest BCUT2D eigenvalue weighted by Gasteiger charge is 2.20. The van der Waals surface area contributed by atoms with Crippen LogP contribution in [0.3, 0.4) is 0 Å². The molecule has 0 aliphatic rings. The summed E-state index contributed by atoms with van der Waals surface area (Å²) in [6.45, 7) is 12.2. The van der Waals surface area contributed by atoms with Crippen molar-refractivity contribution in [1.29, 1.82) is 0 Å². The number of methoxy groups -OCH3 is 1. The first-order chi connectivity index (χ1) is 17.2. The van der Waals surface area contributed by atoms with E-state index in [0.29, 0.717) is 17.5 Å². The number of rotatable bonds is 11. The van der Waals surface area contributed by atoms with Gasteiger partial charge in [0.15, 0.2) is 11.0 Å². The van der Waals surface area contributed by atoms with Crippen LogP contribution < -0.4 is 15.4 Å². The molecule has 1 heterocycles. The predicted molar refractivity (Wildman–Crippen MR) is 143 cm³/mol. The monoisotopic (exact) mass is 507 g/mol. The third kappa shape index (κ3) is 6.97. The summed E-state index contributed by atoms with van der Waals surface area (Å²) < 4.78 is 7.03.